The van der Waals surface area contributed by atoms with E-state index < -0.39 is 0 Å². The van der Waals surface area contributed by atoms with E-state index >= 15 is 0 Å². The molecule has 1 aliphatic heterocycles. The van der Waals surface area contributed by atoms with Gasteiger partial charge in [-0.15, -0.1) is 0 Å². The maximum Gasteiger partial charge on any atom is 0.240 e. The van der Waals surface area contributed by atoms with Crippen LogP contribution in [0.1, 0.15) is 13.8 Å². The van der Waals surface area contributed by atoms with Gasteiger partial charge in [0.05, 0.1) is 0 Å². The highest BCUT2D eigenvalue weighted by molar-refractivity contribution is 5.90. The molecule has 0 saturated carbocycles. The van der Waals surface area contributed by atoms with Crippen molar-refractivity contribution in [3.8, 4) is 5.75 Å². The van der Waals surface area contributed by atoms with Crippen molar-refractivity contribution in [2.45, 2.75) is 13.8 Å². The Morgan fingerprint density at radius 2 is 2.18 bits per heavy atom. The summed E-state index contributed by atoms with van der Waals surface area (Å²) in [6, 6.07) is 7.51. The normalized spacial score (nSPS) is 13.5. The van der Waals surface area contributed by atoms with Crippen molar-refractivity contribution in [1.29, 1.82) is 0 Å². The van der Waals surface area contributed by atoms with Gasteiger partial charge in [0.2, 0.25) is 5.91 Å². The largest absolute Gasteiger partial charge is 0.483 e. The van der Waals surface area contributed by atoms with Gasteiger partial charge in [-0.25, -0.2) is 4.99 Å². The number of amidine groups is 1. The number of para-hydroxylation sites is 2. The molecule has 0 aliphatic carbocycles. The van der Waals surface area contributed by atoms with Crippen LogP contribution in [-0.4, -0.2) is 18.3 Å². The van der Waals surface area contributed by atoms with Crippen molar-refractivity contribution in [3.05, 3.63) is 24.3 Å². The van der Waals surface area contributed by atoms with Gasteiger partial charge in [0.25, 0.3) is 0 Å². The standard InChI is InChI=1S/C12H15N3O2/c1-8(2)12(16)15-14-11-7-17-10-6-4-3-5-9(10)13-11/h3-6,8H,7H2,1-2H3,(H,13,14)(H,15,16). The molecule has 0 unspecified atom stereocenters. The zero-order chi connectivity index (χ0) is 12.3. The number of aliphatic imine (C=N–C) groups is 1. The maximum atomic E-state index is 11.4. The molecule has 2 N–H and O–H groups in total. The second kappa shape index (κ2) is 4.86. The fourth-order valence-electron chi connectivity index (χ4n) is 1.34. The predicted molar refractivity (Wildman–Crippen MR) is 65.1 cm³/mol. The molecular formula is C12H15N3O2. The van der Waals surface area contributed by atoms with Crippen molar-refractivity contribution in [3.63, 3.8) is 0 Å². The number of amides is 1. The van der Waals surface area contributed by atoms with Crippen LogP contribution in [0.15, 0.2) is 29.3 Å². The number of carbonyl (C=O) groups excluding carboxylic acids is 1. The van der Waals surface area contributed by atoms with Gasteiger partial charge in [0.15, 0.2) is 5.84 Å². The van der Waals surface area contributed by atoms with Crippen molar-refractivity contribution in [2.24, 2.45) is 10.9 Å². The molecule has 0 saturated heterocycles. The Hall–Kier alpha value is -2.04. The van der Waals surface area contributed by atoms with E-state index in [0.29, 0.717) is 12.4 Å². The van der Waals surface area contributed by atoms with Gasteiger partial charge in [-0.05, 0) is 12.1 Å². The average molecular weight is 233 g/mol. The maximum absolute atomic E-state index is 11.4. The summed E-state index contributed by atoms with van der Waals surface area (Å²) in [5, 5.41) is 0. The third kappa shape index (κ3) is 2.75. The molecule has 5 heteroatoms. The number of hydrogen-bond donors (Lipinski definition) is 2. The van der Waals surface area contributed by atoms with Crippen LogP contribution >= 0.6 is 0 Å². The first-order valence-corrected chi connectivity index (χ1v) is 5.52. The van der Waals surface area contributed by atoms with E-state index in [1.807, 2.05) is 38.1 Å². The van der Waals surface area contributed by atoms with E-state index in [-0.39, 0.29) is 11.8 Å². The van der Waals surface area contributed by atoms with Crippen LogP contribution in [0.25, 0.3) is 0 Å². The molecule has 1 aromatic rings. The van der Waals surface area contributed by atoms with Gasteiger partial charge in [0, 0.05) is 5.92 Å². The molecule has 0 radical (unpaired) electrons. The Morgan fingerprint density at radius 3 is 2.94 bits per heavy atom. The lowest BCUT2D eigenvalue weighted by molar-refractivity contribution is -0.124. The molecule has 1 aromatic carbocycles. The highest BCUT2D eigenvalue weighted by Gasteiger charge is 2.13. The molecule has 0 atom stereocenters. The number of hydrogen-bond acceptors (Lipinski definition) is 4. The van der Waals surface area contributed by atoms with Crippen LogP contribution in [0.5, 0.6) is 5.75 Å². The van der Waals surface area contributed by atoms with Gasteiger partial charge >= 0.3 is 0 Å². The Kier molecular flexibility index (Phi) is 3.27. The summed E-state index contributed by atoms with van der Waals surface area (Å²) in [7, 11) is 0. The molecule has 5 nitrogen and oxygen atoms in total. The smallest absolute Gasteiger partial charge is 0.240 e. The van der Waals surface area contributed by atoms with E-state index in [1.54, 1.807) is 0 Å². The summed E-state index contributed by atoms with van der Waals surface area (Å²) in [6.45, 7) is 3.98. The minimum absolute atomic E-state index is 0.0695. The Morgan fingerprint density at radius 1 is 1.41 bits per heavy atom. The van der Waals surface area contributed by atoms with E-state index in [2.05, 4.69) is 15.8 Å². The number of ether oxygens (including phenoxy) is 1. The monoisotopic (exact) mass is 233 g/mol. The number of nitrogens with one attached hydrogen (secondary N) is 2. The van der Waals surface area contributed by atoms with Gasteiger partial charge in [-0.3, -0.25) is 15.6 Å². The number of fused-ring (bicyclic) bond motifs is 1. The van der Waals surface area contributed by atoms with E-state index in [4.69, 9.17) is 4.74 Å². The third-order valence-corrected chi connectivity index (χ3v) is 2.34. The van der Waals surface area contributed by atoms with Crippen molar-refractivity contribution >= 4 is 17.4 Å². The van der Waals surface area contributed by atoms with Crippen LogP contribution in [-0.2, 0) is 4.79 Å². The highest BCUT2D eigenvalue weighted by atomic mass is 16.5. The summed E-state index contributed by atoms with van der Waals surface area (Å²) in [5.74, 6) is 1.21. The lowest BCUT2D eigenvalue weighted by Gasteiger charge is -2.18. The summed E-state index contributed by atoms with van der Waals surface area (Å²) in [6.07, 6.45) is 0. The molecule has 0 bridgehead atoms. The number of nitrogens with zero attached hydrogens (tertiary/aromatic N) is 1. The molecule has 1 aliphatic rings. The van der Waals surface area contributed by atoms with Gasteiger partial charge in [-0.1, -0.05) is 26.0 Å². The molecule has 0 spiro atoms. The fraction of sp³-hybridized carbons (Fsp3) is 0.333. The Balaban J connectivity index is 2.01. The van der Waals surface area contributed by atoms with Gasteiger partial charge in [-0.2, -0.15) is 0 Å². The minimum atomic E-state index is -0.0773. The first kappa shape index (κ1) is 11.4. The molecule has 1 heterocycles. The van der Waals surface area contributed by atoms with Gasteiger partial charge in [0.1, 0.15) is 18.0 Å². The molecule has 0 fully saturated rings. The Labute approximate surface area is 99.9 Å². The van der Waals surface area contributed by atoms with Crippen molar-refractivity contribution in [1.82, 2.24) is 10.9 Å². The molecule has 2 rings (SSSR count). The van der Waals surface area contributed by atoms with Crippen LogP contribution < -0.4 is 15.6 Å². The first-order valence-electron chi connectivity index (χ1n) is 5.52. The first-order chi connectivity index (χ1) is 8.16. The second-order valence-electron chi connectivity index (χ2n) is 4.08. The van der Waals surface area contributed by atoms with Crippen LogP contribution in [0.2, 0.25) is 0 Å². The second-order valence-corrected chi connectivity index (χ2v) is 4.08. The van der Waals surface area contributed by atoms with Crippen LogP contribution in [0.3, 0.4) is 0 Å². The van der Waals surface area contributed by atoms with Crippen LogP contribution in [0.4, 0.5) is 5.69 Å². The lowest BCUT2D eigenvalue weighted by Crippen LogP contribution is -2.46. The quantitative estimate of drug-likeness (QED) is 0.720. The Bertz CT molecular complexity index is 455. The average Bonchev–Trinajstić information content (AvgIpc) is 2.35. The molecule has 0 aromatic heterocycles. The van der Waals surface area contributed by atoms with Gasteiger partial charge < -0.3 is 4.74 Å². The summed E-state index contributed by atoms with van der Waals surface area (Å²) in [5.41, 5.74) is 6.12. The van der Waals surface area contributed by atoms with E-state index in [1.165, 1.54) is 0 Å². The lowest BCUT2D eigenvalue weighted by atomic mass is 10.2. The zero-order valence-corrected chi connectivity index (χ0v) is 9.86. The summed E-state index contributed by atoms with van der Waals surface area (Å²) < 4.78 is 5.48. The topological polar surface area (TPSA) is 62.7 Å². The molecule has 90 valence electrons. The number of benzene rings is 1. The summed E-state index contributed by atoms with van der Waals surface area (Å²) >= 11 is 0. The highest BCUT2D eigenvalue weighted by Crippen LogP contribution is 2.29. The molecule has 1 amide bonds. The third-order valence-electron chi connectivity index (χ3n) is 2.34. The van der Waals surface area contributed by atoms with Crippen molar-refractivity contribution < 1.29 is 9.53 Å². The number of rotatable bonds is 1. The number of carbonyl (C=O) groups is 1. The fourth-order valence-corrected chi connectivity index (χ4v) is 1.34. The molecule has 17 heavy (non-hydrogen) atoms. The zero-order valence-electron chi connectivity index (χ0n) is 9.86. The summed E-state index contributed by atoms with van der Waals surface area (Å²) in [4.78, 5) is 15.7. The van der Waals surface area contributed by atoms with E-state index in [0.717, 1.165) is 11.4 Å². The minimum Gasteiger partial charge on any atom is -0.483 e. The van der Waals surface area contributed by atoms with Crippen LogP contribution in [0, 0.1) is 5.92 Å². The molecular weight excluding hydrogens is 218 g/mol. The van der Waals surface area contributed by atoms with Crippen molar-refractivity contribution in [2.75, 3.05) is 6.61 Å². The predicted octanol–water partition coefficient (Wildman–Crippen LogP) is 1.39. The van der Waals surface area contributed by atoms with E-state index in [9.17, 15) is 4.79 Å². The SMILES string of the molecule is CC(C)C(=O)NNC1=Nc2ccccc2OC1. The number of hydrazine groups is 1.